The van der Waals surface area contributed by atoms with Crippen LogP contribution in [-0.2, 0) is 9.53 Å². The second-order valence-electron chi connectivity index (χ2n) is 5.72. The highest BCUT2D eigenvalue weighted by molar-refractivity contribution is 6.13. The molecule has 0 saturated carbocycles. The molecule has 8 heteroatoms. The zero-order valence-corrected chi connectivity index (χ0v) is 13.6. The smallest absolute Gasteiger partial charge is 0.363 e. The van der Waals surface area contributed by atoms with Crippen molar-refractivity contribution in [3.05, 3.63) is 68.9 Å². The number of aliphatic imine (C=N–C) groups is 1. The number of ether oxygens (including phenoxy) is 3. The molecule has 0 radical (unpaired) electrons. The van der Waals surface area contributed by atoms with E-state index in [2.05, 4.69) is 4.99 Å². The van der Waals surface area contributed by atoms with Crippen LogP contribution in [0.5, 0.6) is 11.5 Å². The van der Waals surface area contributed by atoms with Gasteiger partial charge in [0.15, 0.2) is 17.2 Å². The van der Waals surface area contributed by atoms with Gasteiger partial charge in [-0.05, 0) is 31.2 Å². The molecule has 26 heavy (non-hydrogen) atoms. The molecule has 0 N–H and O–H groups in total. The van der Waals surface area contributed by atoms with Gasteiger partial charge in [-0.15, -0.1) is 0 Å². The van der Waals surface area contributed by atoms with Gasteiger partial charge in [0.2, 0.25) is 12.7 Å². The van der Waals surface area contributed by atoms with Gasteiger partial charge in [-0.25, -0.2) is 9.79 Å². The number of carbonyl (C=O) groups excluding carboxylic acids is 1. The van der Waals surface area contributed by atoms with Gasteiger partial charge in [-0.1, -0.05) is 17.7 Å². The van der Waals surface area contributed by atoms with Crippen LogP contribution in [0.1, 0.15) is 16.7 Å². The summed E-state index contributed by atoms with van der Waals surface area (Å²) in [7, 11) is 0. The van der Waals surface area contributed by atoms with Crippen molar-refractivity contribution in [1.82, 2.24) is 0 Å². The summed E-state index contributed by atoms with van der Waals surface area (Å²) in [6.45, 7) is 1.93. The van der Waals surface area contributed by atoms with Crippen LogP contribution in [0.4, 0.5) is 5.69 Å². The number of benzene rings is 2. The van der Waals surface area contributed by atoms with Crippen molar-refractivity contribution >= 4 is 23.6 Å². The second kappa shape index (κ2) is 5.99. The Morgan fingerprint density at radius 2 is 1.85 bits per heavy atom. The van der Waals surface area contributed by atoms with Gasteiger partial charge in [0, 0.05) is 5.56 Å². The van der Waals surface area contributed by atoms with E-state index >= 15 is 0 Å². The molecule has 2 aliphatic heterocycles. The summed E-state index contributed by atoms with van der Waals surface area (Å²) in [5, 5.41) is 11.3. The van der Waals surface area contributed by atoms with Gasteiger partial charge in [0.1, 0.15) is 0 Å². The Kier molecular flexibility index (Phi) is 3.65. The standard InChI is InChI=1S/C18H12N2O6/c1-10-2-4-11(5-3-10)17-19-13(18(21)26-17)6-12-7-15-16(25-9-24-15)8-14(12)20(22)23/h2-8H,9H2,1H3/b13-6-. The first-order valence-corrected chi connectivity index (χ1v) is 7.69. The second-order valence-corrected chi connectivity index (χ2v) is 5.72. The molecule has 2 heterocycles. The van der Waals surface area contributed by atoms with E-state index in [0.29, 0.717) is 11.3 Å². The fourth-order valence-electron chi connectivity index (χ4n) is 2.60. The molecule has 0 amide bonds. The highest BCUT2D eigenvalue weighted by Crippen LogP contribution is 2.39. The van der Waals surface area contributed by atoms with Crippen molar-refractivity contribution in [3.63, 3.8) is 0 Å². The molecule has 0 spiro atoms. The third-order valence-corrected chi connectivity index (χ3v) is 3.93. The Morgan fingerprint density at radius 3 is 2.54 bits per heavy atom. The van der Waals surface area contributed by atoms with E-state index in [0.717, 1.165) is 5.56 Å². The van der Waals surface area contributed by atoms with Crippen LogP contribution in [0.15, 0.2) is 47.1 Å². The van der Waals surface area contributed by atoms with Gasteiger partial charge < -0.3 is 14.2 Å². The maximum Gasteiger partial charge on any atom is 0.363 e. The van der Waals surface area contributed by atoms with Crippen LogP contribution in [0, 0.1) is 17.0 Å². The SMILES string of the molecule is Cc1ccc(C2=N/C(=C\c3cc4c(cc3[N+](=O)[O-])OCO4)C(=O)O2)cc1. The Morgan fingerprint density at radius 1 is 1.15 bits per heavy atom. The van der Waals surface area contributed by atoms with E-state index in [-0.39, 0.29) is 35.4 Å². The molecule has 0 bridgehead atoms. The molecule has 8 nitrogen and oxygen atoms in total. The summed E-state index contributed by atoms with van der Waals surface area (Å²) in [5.74, 6) is 0.144. The zero-order chi connectivity index (χ0) is 18.3. The maximum atomic E-state index is 12.1. The number of fused-ring (bicyclic) bond motifs is 1. The summed E-state index contributed by atoms with van der Waals surface area (Å²) in [6, 6.07) is 10.0. The Balaban J connectivity index is 1.75. The summed E-state index contributed by atoms with van der Waals surface area (Å²) in [6.07, 6.45) is 1.31. The normalized spacial score (nSPS) is 16.6. The van der Waals surface area contributed by atoms with Gasteiger partial charge in [0.25, 0.3) is 5.69 Å². The van der Waals surface area contributed by atoms with Gasteiger partial charge in [-0.3, -0.25) is 10.1 Å². The highest BCUT2D eigenvalue weighted by Gasteiger charge is 2.27. The van der Waals surface area contributed by atoms with E-state index in [4.69, 9.17) is 14.2 Å². The van der Waals surface area contributed by atoms with E-state index in [9.17, 15) is 14.9 Å². The number of cyclic esters (lactones) is 1. The van der Waals surface area contributed by atoms with Gasteiger partial charge in [0.05, 0.1) is 16.6 Å². The molecule has 2 aromatic rings. The monoisotopic (exact) mass is 352 g/mol. The maximum absolute atomic E-state index is 12.1. The van der Waals surface area contributed by atoms with Crippen LogP contribution in [0.25, 0.3) is 6.08 Å². The van der Waals surface area contributed by atoms with Crippen molar-refractivity contribution < 1.29 is 23.9 Å². The minimum Gasteiger partial charge on any atom is -0.454 e. The number of carbonyl (C=O) groups is 1. The number of aryl methyl sites for hydroxylation is 1. The predicted molar refractivity (Wildman–Crippen MR) is 91.0 cm³/mol. The minimum atomic E-state index is -0.674. The van der Waals surface area contributed by atoms with Gasteiger partial charge in [-0.2, -0.15) is 0 Å². The van der Waals surface area contributed by atoms with E-state index < -0.39 is 10.9 Å². The Hall–Kier alpha value is -3.68. The van der Waals surface area contributed by atoms with Crippen molar-refractivity contribution in [2.24, 2.45) is 4.99 Å². The third-order valence-electron chi connectivity index (χ3n) is 3.93. The van der Waals surface area contributed by atoms with Crippen LogP contribution < -0.4 is 9.47 Å². The lowest BCUT2D eigenvalue weighted by molar-refractivity contribution is -0.385. The third kappa shape index (κ3) is 2.77. The number of hydrogen-bond donors (Lipinski definition) is 0. The van der Waals surface area contributed by atoms with Crippen LogP contribution in [0.3, 0.4) is 0 Å². The molecule has 2 aromatic carbocycles. The zero-order valence-electron chi connectivity index (χ0n) is 13.6. The molecular weight excluding hydrogens is 340 g/mol. The van der Waals surface area contributed by atoms with E-state index in [1.807, 2.05) is 19.1 Å². The molecule has 0 aliphatic carbocycles. The Bertz CT molecular complexity index is 991. The minimum absolute atomic E-state index is 0.00964. The van der Waals surface area contributed by atoms with E-state index in [1.165, 1.54) is 18.2 Å². The quantitative estimate of drug-likeness (QED) is 0.364. The van der Waals surface area contributed by atoms with E-state index in [1.54, 1.807) is 12.1 Å². The summed E-state index contributed by atoms with van der Waals surface area (Å²) in [5.41, 5.74) is 1.65. The summed E-state index contributed by atoms with van der Waals surface area (Å²) >= 11 is 0. The molecule has 0 aromatic heterocycles. The highest BCUT2D eigenvalue weighted by atomic mass is 16.7. The van der Waals surface area contributed by atoms with Crippen LogP contribution in [0.2, 0.25) is 0 Å². The molecule has 4 rings (SSSR count). The van der Waals surface area contributed by atoms with Gasteiger partial charge >= 0.3 is 5.97 Å². The molecule has 0 fully saturated rings. The molecule has 130 valence electrons. The Labute approximate surface area is 147 Å². The van der Waals surface area contributed by atoms with Crippen LogP contribution in [-0.4, -0.2) is 23.6 Å². The molecule has 0 atom stereocenters. The average Bonchev–Trinajstić information content (AvgIpc) is 3.21. The molecule has 0 unspecified atom stereocenters. The van der Waals surface area contributed by atoms with Crippen molar-refractivity contribution in [3.8, 4) is 11.5 Å². The number of nitro groups is 1. The predicted octanol–water partition coefficient (Wildman–Crippen LogP) is 2.98. The largest absolute Gasteiger partial charge is 0.454 e. The number of esters is 1. The summed E-state index contributed by atoms with van der Waals surface area (Å²) < 4.78 is 15.6. The van der Waals surface area contributed by atoms with Crippen LogP contribution >= 0.6 is 0 Å². The molecule has 2 aliphatic rings. The van der Waals surface area contributed by atoms with Crippen molar-refractivity contribution in [1.29, 1.82) is 0 Å². The summed E-state index contributed by atoms with van der Waals surface area (Å²) in [4.78, 5) is 27.0. The number of nitro benzene ring substituents is 1. The fourth-order valence-corrected chi connectivity index (χ4v) is 2.60. The first-order chi connectivity index (χ1) is 12.5. The molecule has 0 saturated heterocycles. The first-order valence-electron chi connectivity index (χ1n) is 7.69. The first kappa shape index (κ1) is 15.8. The fraction of sp³-hybridized carbons (Fsp3) is 0.111. The number of nitrogens with zero attached hydrogens (tertiary/aromatic N) is 2. The number of rotatable bonds is 3. The van der Waals surface area contributed by atoms with Crippen molar-refractivity contribution in [2.45, 2.75) is 6.92 Å². The lowest BCUT2D eigenvalue weighted by Gasteiger charge is -2.01. The topological polar surface area (TPSA) is 100 Å². The molecular formula is C18H12N2O6. The average molecular weight is 352 g/mol. The number of hydrogen-bond acceptors (Lipinski definition) is 7. The van der Waals surface area contributed by atoms with Crippen molar-refractivity contribution in [2.75, 3.05) is 6.79 Å². The lowest BCUT2D eigenvalue weighted by Crippen LogP contribution is -2.05. The lowest BCUT2D eigenvalue weighted by atomic mass is 10.1.